The fraction of sp³-hybridized carbons (Fsp3) is 0.360. The van der Waals surface area contributed by atoms with Gasteiger partial charge in [0.2, 0.25) is 0 Å². The molecule has 0 radical (unpaired) electrons. The first-order valence-corrected chi connectivity index (χ1v) is 11.1. The zero-order chi connectivity index (χ0) is 23.5. The number of benzene rings is 2. The molecular weight excluding hydrogens is 416 g/mol. The van der Waals surface area contributed by atoms with Crippen LogP contribution in [-0.2, 0) is 13.7 Å². The molecule has 0 aliphatic heterocycles. The summed E-state index contributed by atoms with van der Waals surface area (Å²) in [5.41, 5.74) is 6.63. The quantitative estimate of drug-likeness (QED) is 0.531. The molecule has 1 aromatic heterocycles. The van der Waals surface area contributed by atoms with Crippen molar-refractivity contribution in [2.75, 3.05) is 7.05 Å². The molecule has 1 saturated carbocycles. The number of aryl methyl sites for hydroxylation is 3. The second-order valence-electron chi connectivity index (χ2n) is 8.49. The summed E-state index contributed by atoms with van der Waals surface area (Å²) in [5.74, 6) is 1.31. The van der Waals surface area contributed by atoms with Gasteiger partial charge in [-0.1, -0.05) is 12.1 Å². The van der Waals surface area contributed by atoms with Crippen molar-refractivity contribution in [3.8, 4) is 11.4 Å². The minimum Gasteiger partial charge on any atom is -0.489 e. The molecule has 0 bridgehead atoms. The van der Waals surface area contributed by atoms with E-state index in [0.717, 1.165) is 52.4 Å². The molecule has 1 heterocycles. The number of nitrogens with one attached hydrogen (secondary N) is 1. The Balaban J connectivity index is 1.63. The maximum atomic E-state index is 12.5. The molecule has 0 unspecified atom stereocenters. The minimum absolute atomic E-state index is 0.277. The Kier molecular flexibility index (Phi) is 6.44. The SMILES string of the molecule is CNC(C)=CC=Nc1cc(C)c(OCc2c(C3CC3)cccc2-n2nnn(C)c2=O)cc1C. The van der Waals surface area contributed by atoms with Crippen LogP contribution in [0, 0.1) is 13.8 Å². The van der Waals surface area contributed by atoms with E-state index in [-0.39, 0.29) is 5.69 Å². The van der Waals surface area contributed by atoms with E-state index < -0.39 is 0 Å². The molecule has 1 aliphatic carbocycles. The Hall–Kier alpha value is -3.68. The van der Waals surface area contributed by atoms with Gasteiger partial charge in [0.05, 0.1) is 11.4 Å². The summed E-state index contributed by atoms with van der Waals surface area (Å²) in [5, 5.41) is 11.0. The number of hydrogen-bond acceptors (Lipinski definition) is 6. The number of hydrogen-bond donors (Lipinski definition) is 1. The molecule has 33 heavy (non-hydrogen) atoms. The van der Waals surface area contributed by atoms with Gasteiger partial charge in [-0.05, 0) is 90.9 Å². The monoisotopic (exact) mass is 446 g/mol. The minimum atomic E-state index is -0.277. The van der Waals surface area contributed by atoms with E-state index in [1.807, 2.05) is 58.2 Å². The number of nitrogens with zero attached hydrogens (tertiary/aromatic N) is 5. The van der Waals surface area contributed by atoms with Gasteiger partial charge in [-0.3, -0.25) is 4.99 Å². The summed E-state index contributed by atoms with van der Waals surface area (Å²) < 4.78 is 8.88. The van der Waals surface area contributed by atoms with Crippen molar-refractivity contribution in [3.05, 3.63) is 74.8 Å². The molecule has 0 atom stereocenters. The van der Waals surface area contributed by atoms with Crippen LogP contribution in [0.3, 0.4) is 0 Å². The highest BCUT2D eigenvalue weighted by Gasteiger charge is 2.28. The van der Waals surface area contributed by atoms with Crippen LogP contribution in [0.4, 0.5) is 5.69 Å². The average molecular weight is 447 g/mol. The molecule has 2 aromatic carbocycles. The van der Waals surface area contributed by atoms with E-state index in [0.29, 0.717) is 12.5 Å². The van der Waals surface area contributed by atoms with Gasteiger partial charge in [0.1, 0.15) is 12.4 Å². The molecule has 172 valence electrons. The third-order valence-corrected chi connectivity index (χ3v) is 5.95. The standard InChI is InChI=1S/C25H30N6O2/c1-16-14-24(17(2)13-22(16)27-12-11-18(3)26-4)33-15-21-20(19-9-10-19)7-6-8-23(21)31-25(32)30(5)28-29-31/h6-8,11-14,19,26H,9-10,15H2,1-5H3. The Morgan fingerprint density at radius 3 is 2.70 bits per heavy atom. The molecule has 8 heteroatoms. The number of ether oxygens (including phenoxy) is 1. The zero-order valence-electron chi connectivity index (χ0n) is 19.8. The van der Waals surface area contributed by atoms with Gasteiger partial charge in [0.15, 0.2) is 0 Å². The van der Waals surface area contributed by atoms with Crippen LogP contribution in [0.2, 0.25) is 0 Å². The smallest absolute Gasteiger partial charge is 0.368 e. The van der Waals surface area contributed by atoms with Gasteiger partial charge >= 0.3 is 5.69 Å². The van der Waals surface area contributed by atoms with Crippen LogP contribution >= 0.6 is 0 Å². The molecule has 4 rings (SSSR count). The van der Waals surface area contributed by atoms with Gasteiger partial charge in [-0.2, -0.15) is 9.36 Å². The van der Waals surface area contributed by atoms with Gasteiger partial charge in [-0.25, -0.2) is 4.79 Å². The topological polar surface area (TPSA) is 86.3 Å². The van der Waals surface area contributed by atoms with Crippen LogP contribution in [0.1, 0.15) is 47.9 Å². The van der Waals surface area contributed by atoms with Gasteiger partial charge < -0.3 is 10.1 Å². The van der Waals surface area contributed by atoms with E-state index in [4.69, 9.17) is 4.74 Å². The summed E-state index contributed by atoms with van der Waals surface area (Å²) in [7, 11) is 3.48. The molecule has 1 aliphatic rings. The van der Waals surface area contributed by atoms with Gasteiger partial charge in [0.25, 0.3) is 0 Å². The molecule has 0 spiro atoms. The van der Waals surface area contributed by atoms with Crippen molar-refractivity contribution in [1.29, 1.82) is 0 Å². The van der Waals surface area contributed by atoms with Crippen LogP contribution in [0.15, 0.2) is 51.9 Å². The molecule has 0 amide bonds. The number of aromatic nitrogens is 4. The first kappa shape index (κ1) is 22.5. The van der Waals surface area contributed by atoms with Crippen LogP contribution in [-0.4, -0.2) is 33.1 Å². The summed E-state index contributed by atoms with van der Waals surface area (Å²) in [6, 6.07) is 10.0. The van der Waals surface area contributed by atoms with Crippen molar-refractivity contribution in [2.45, 2.75) is 46.1 Å². The Morgan fingerprint density at radius 2 is 2.03 bits per heavy atom. The lowest BCUT2D eigenvalue weighted by molar-refractivity contribution is 0.302. The normalized spacial score (nSPS) is 14.2. The fourth-order valence-corrected chi connectivity index (χ4v) is 3.72. The third-order valence-electron chi connectivity index (χ3n) is 5.95. The Labute approximate surface area is 193 Å². The predicted molar refractivity (Wildman–Crippen MR) is 130 cm³/mol. The average Bonchev–Trinajstić information content (AvgIpc) is 3.60. The predicted octanol–water partition coefficient (Wildman–Crippen LogP) is 3.86. The second kappa shape index (κ2) is 9.44. The van der Waals surface area contributed by atoms with Crippen LogP contribution < -0.4 is 15.7 Å². The van der Waals surface area contributed by atoms with E-state index in [1.54, 1.807) is 13.3 Å². The lowest BCUT2D eigenvalue weighted by atomic mass is 10.0. The van der Waals surface area contributed by atoms with Crippen molar-refractivity contribution in [3.63, 3.8) is 0 Å². The molecule has 1 N–H and O–H groups in total. The first-order chi connectivity index (χ1) is 15.9. The van der Waals surface area contributed by atoms with E-state index in [2.05, 4.69) is 26.8 Å². The highest BCUT2D eigenvalue weighted by molar-refractivity contribution is 5.76. The highest BCUT2D eigenvalue weighted by atomic mass is 16.5. The van der Waals surface area contributed by atoms with Crippen molar-refractivity contribution < 1.29 is 4.74 Å². The van der Waals surface area contributed by atoms with Crippen LogP contribution in [0.5, 0.6) is 5.75 Å². The highest BCUT2D eigenvalue weighted by Crippen LogP contribution is 2.43. The van der Waals surface area contributed by atoms with Crippen molar-refractivity contribution >= 4 is 11.9 Å². The van der Waals surface area contributed by atoms with Gasteiger partial charge in [-0.15, -0.1) is 0 Å². The van der Waals surface area contributed by atoms with Crippen molar-refractivity contribution in [2.24, 2.45) is 12.0 Å². The zero-order valence-corrected chi connectivity index (χ0v) is 19.8. The molecule has 1 fully saturated rings. The number of rotatable bonds is 8. The number of allylic oxidation sites excluding steroid dienone is 2. The molecular formula is C25H30N6O2. The van der Waals surface area contributed by atoms with E-state index in [9.17, 15) is 4.79 Å². The lowest BCUT2D eigenvalue weighted by Crippen LogP contribution is -2.23. The summed E-state index contributed by atoms with van der Waals surface area (Å²) >= 11 is 0. The maximum Gasteiger partial charge on any atom is 0.368 e. The molecule has 0 saturated heterocycles. The van der Waals surface area contributed by atoms with Crippen molar-refractivity contribution in [1.82, 2.24) is 25.1 Å². The number of aliphatic imine (C=N–C) groups is 1. The Morgan fingerprint density at radius 1 is 1.24 bits per heavy atom. The van der Waals surface area contributed by atoms with E-state index >= 15 is 0 Å². The molecule has 8 nitrogen and oxygen atoms in total. The first-order valence-electron chi connectivity index (χ1n) is 11.1. The van der Waals surface area contributed by atoms with E-state index in [1.165, 1.54) is 14.9 Å². The maximum absolute atomic E-state index is 12.5. The molecule has 3 aromatic rings. The lowest BCUT2D eigenvalue weighted by Gasteiger charge is -2.16. The van der Waals surface area contributed by atoms with Crippen LogP contribution in [0.25, 0.3) is 5.69 Å². The Bertz CT molecular complexity index is 1280. The third kappa shape index (κ3) is 4.89. The number of tetrazole rings is 1. The summed E-state index contributed by atoms with van der Waals surface area (Å²) in [6.45, 7) is 6.38. The van der Waals surface area contributed by atoms with Gasteiger partial charge in [0, 0.05) is 31.6 Å². The fourth-order valence-electron chi connectivity index (χ4n) is 3.72. The summed E-state index contributed by atoms with van der Waals surface area (Å²) in [6.07, 6.45) is 6.03. The summed E-state index contributed by atoms with van der Waals surface area (Å²) in [4.78, 5) is 17.1. The largest absolute Gasteiger partial charge is 0.489 e. The second-order valence-corrected chi connectivity index (χ2v) is 8.49.